The van der Waals surface area contributed by atoms with Crippen LogP contribution in [0.1, 0.15) is 19.3 Å². The number of aryl methyl sites for hydroxylation is 1. The van der Waals surface area contributed by atoms with E-state index in [2.05, 4.69) is 9.84 Å². The standard InChI is InChI=1S/C11H15N3O4S/c1-13-6-8(14(16)17)10(12-13)19-7-11(3-4-11)5-9(15)18-2/h6H,3-5,7H2,1-2H3. The molecule has 0 radical (unpaired) electrons. The molecule has 0 atom stereocenters. The molecule has 1 aliphatic rings. The number of rotatable bonds is 6. The number of carbonyl (C=O) groups excluding carboxylic acids is 1. The minimum Gasteiger partial charge on any atom is -0.469 e. The van der Waals surface area contributed by atoms with Crippen LogP contribution in [0.4, 0.5) is 5.69 Å². The highest BCUT2D eigenvalue weighted by Gasteiger charge is 2.45. The minimum atomic E-state index is -0.435. The molecular weight excluding hydrogens is 270 g/mol. The predicted octanol–water partition coefficient (Wildman–Crippen LogP) is 1.76. The molecule has 1 saturated carbocycles. The van der Waals surface area contributed by atoms with E-state index in [4.69, 9.17) is 0 Å². The molecule has 1 fully saturated rings. The Morgan fingerprint density at radius 1 is 1.68 bits per heavy atom. The second kappa shape index (κ2) is 5.20. The Balaban J connectivity index is 1.99. The number of nitrogens with zero attached hydrogens (tertiary/aromatic N) is 3. The fraction of sp³-hybridized carbons (Fsp3) is 0.636. The van der Waals surface area contributed by atoms with Crippen LogP contribution in [-0.2, 0) is 16.6 Å². The summed E-state index contributed by atoms with van der Waals surface area (Å²) in [6.07, 6.45) is 3.67. The van der Waals surface area contributed by atoms with Crippen LogP contribution in [0.15, 0.2) is 11.2 Å². The van der Waals surface area contributed by atoms with Crippen molar-refractivity contribution in [1.29, 1.82) is 0 Å². The van der Waals surface area contributed by atoms with Crippen molar-refractivity contribution in [3.8, 4) is 0 Å². The Labute approximate surface area is 114 Å². The number of methoxy groups -OCH3 is 1. The summed E-state index contributed by atoms with van der Waals surface area (Å²) in [7, 11) is 3.02. The Bertz CT molecular complexity index is 510. The zero-order chi connectivity index (χ0) is 14.0. The maximum atomic E-state index is 11.3. The molecule has 0 bridgehead atoms. The average Bonchev–Trinajstić information content (AvgIpc) is 3.01. The molecule has 1 aromatic heterocycles. The Kier molecular flexibility index (Phi) is 3.79. The lowest BCUT2D eigenvalue weighted by Crippen LogP contribution is -2.13. The summed E-state index contributed by atoms with van der Waals surface area (Å²) >= 11 is 1.34. The van der Waals surface area contributed by atoms with E-state index in [1.807, 2.05) is 0 Å². The van der Waals surface area contributed by atoms with Crippen LogP contribution in [0.2, 0.25) is 0 Å². The topological polar surface area (TPSA) is 87.3 Å². The highest BCUT2D eigenvalue weighted by atomic mass is 32.2. The number of aromatic nitrogens is 2. The van der Waals surface area contributed by atoms with Crippen molar-refractivity contribution in [2.45, 2.75) is 24.3 Å². The first kappa shape index (κ1) is 13.9. The number of ether oxygens (including phenoxy) is 1. The summed E-state index contributed by atoms with van der Waals surface area (Å²) in [4.78, 5) is 21.7. The van der Waals surface area contributed by atoms with E-state index < -0.39 is 4.92 Å². The van der Waals surface area contributed by atoms with Gasteiger partial charge in [-0.3, -0.25) is 19.6 Å². The van der Waals surface area contributed by atoms with Gasteiger partial charge in [-0.1, -0.05) is 11.8 Å². The molecule has 2 rings (SSSR count). The second-order valence-electron chi connectivity index (χ2n) is 4.79. The van der Waals surface area contributed by atoms with E-state index in [-0.39, 0.29) is 17.1 Å². The quantitative estimate of drug-likeness (QED) is 0.342. The van der Waals surface area contributed by atoms with Crippen molar-refractivity contribution in [3.05, 3.63) is 16.3 Å². The first-order valence-corrected chi connectivity index (χ1v) is 6.82. The van der Waals surface area contributed by atoms with Crippen LogP contribution in [0.5, 0.6) is 0 Å². The van der Waals surface area contributed by atoms with Gasteiger partial charge in [-0.25, -0.2) is 0 Å². The van der Waals surface area contributed by atoms with Crippen LogP contribution in [0.25, 0.3) is 0 Å². The molecule has 19 heavy (non-hydrogen) atoms. The molecule has 1 aliphatic carbocycles. The summed E-state index contributed by atoms with van der Waals surface area (Å²) < 4.78 is 6.10. The molecule has 1 aromatic rings. The Morgan fingerprint density at radius 2 is 2.37 bits per heavy atom. The van der Waals surface area contributed by atoms with E-state index in [1.165, 1.54) is 29.8 Å². The van der Waals surface area contributed by atoms with Gasteiger partial charge in [-0.2, -0.15) is 5.10 Å². The maximum absolute atomic E-state index is 11.3. The highest BCUT2D eigenvalue weighted by Crippen LogP contribution is 2.52. The lowest BCUT2D eigenvalue weighted by Gasteiger charge is -2.11. The molecule has 0 amide bonds. The van der Waals surface area contributed by atoms with Gasteiger partial charge < -0.3 is 4.74 Å². The number of hydrogen-bond acceptors (Lipinski definition) is 6. The van der Waals surface area contributed by atoms with Crippen molar-refractivity contribution in [1.82, 2.24) is 9.78 Å². The number of carbonyl (C=O) groups is 1. The number of esters is 1. The molecule has 0 saturated heterocycles. The van der Waals surface area contributed by atoms with Crippen molar-refractivity contribution in [2.75, 3.05) is 12.9 Å². The molecule has 0 N–H and O–H groups in total. The molecule has 8 heteroatoms. The summed E-state index contributed by atoms with van der Waals surface area (Å²) in [5, 5.41) is 15.4. The van der Waals surface area contributed by atoms with Crippen LogP contribution in [-0.4, -0.2) is 33.5 Å². The van der Waals surface area contributed by atoms with E-state index in [1.54, 1.807) is 7.05 Å². The van der Waals surface area contributed by atoms with Crippen LogP contribution < -0.4 is 0 Å². The van der Waals surface area contributed by atoms with E-state index >= 15 is 0 Å². The maximum Gasteiger partial charge on any atom is 0.320 e. The van der Waals surface area contributed by atoms with Crippen molar-refractivity contribution in [2.24, 2.45) is 12.5 Å². The van der Waals surface area contributed by atoms with Gasteiger partial charge in [0, 0.05) is 12.8 Å². The van der Waals surface area contributed by atoms with Crippen LogP contribution >= 0.6 is 11.8 Å². The predicted molar refractivity (Wildman–Crippen MR) is 68.9 cm³/mol. The van der Waals surface area contributed by atoms with Gasteiger partial charge in [-0.15, -0.1) is 0 Å². The largest absolute Gasteiger partial charge is 0.469 e. The normalized spacial score (nSPS) is 16.1. The fourth-order valence-electron chi connectivity index (χ4n) is 1.83. The van der Waals surface area contributed by atoms with E-state index in [0.717, 1.165) is 12.8 Å². The van der Waals surface area contributed by atoms with E-state index in [0.29, 0.717) is 17.2 Å². The van der Waals surface area contributed by atoms with Gasteiger partial charge in [-0.05, 0) is 18.3 Å². The lowest BCUT2D eigenvalue weighted by atomic mass is 10.1. The summed E-state index contributed by atoms with van der Waals surface area (Å²) in [5.74, 6) is 0.425. The summed E-state index contributed by atoms with van der Waals surface area (Å²) in [6, 6.07) is 0. The van der Waals surface area contributed by atoms with Gasteiger partial charge >= 0.3 is 11.7 Å². The average molecular weight is 285 g/mol. The van der Waals surface area contributed by atoms with E-state index in [9.17, 15) is 14.9 Å². The molecule has 0 aromatic carbocycles. The molecule has 104 valence electrons. The fourth-order valence-corrected chi connectivity index (χ4v) is 3.13. The minimum absolute atomic E-state index is 0.0152. The summed E-state index contributed by atoms with van der Waals surface area (Å²) in [6.45, 7) is 0. The molecule has 7 nitrogen and oxygen atoms in total. The Morgan fingerprint density at radius 3 is 2.89 bits per heavy atom. The molecule has 0 spiro atoms. The first-order chi connectivity index (χ1) is 8.96. The van der Waals surface area contributed by atoms with Gasteiger partial charge in [0.15, 0.2) is 5.03 Å². The third-order valence-electron chi connectivity index (χ3n) is 3.19. The third-order valence-corrected chi connectivity index (χ3v) is 4.51. The van der Waals surface area contributed by atoms with Crippen LogP contribution in [0, 0.1) is 15.5 Å². The molecule has 1 heterocycles. The molecule has 0 aliphatic heterocycles. The highest BCUT2D eigenvalue weighted by molar-refractivity contribution is 7.99. The van der Waals surface area contributed by atoms with Gasteiger partial charge in [0.25, 0.3) is 0 Å². The second-order valence-corrected chi connectivity index (χ2v) is 5.76. The first-order valence-electron chi connectivity index (χ1n) is 5.83. The van der Waals surface area contributed by atoms with Gasteiger partial charge in [0.05, 0.1) is 18.5 Å². The number of thioether (sulfide) groups is 1. The molecular formula is C11H15N3O4S. The zero-order valence-corrected chi connectivity index (χ0v) is 11.6. The number of nitro groups is 1. The Hall–Kier alpha value is -1.57. The zero-order valence-electron chi connectivity index (χ0n) is 10.8. The lowest BCUT2D eigenvalue weighted by molar-refractivity contribution is -0.387. The number of hydrogen-bond donors (Lipinski definition) is 0. The van der Waals surface area contributed by atoms with Gasteiger partial charge in [0.1, 0.15) is 6.20 Å². The van der Waals surface area contributed by atoms with Crippen molar-refractivity contribution < 1.29 is 14.5 Å². The summed E-state index contributed by atoms with van der Waals surface area (Å²) in [5.41, 5.74) is -0.0512. The van der Waals surface area contributed by atoms with Crippen LogP contribution in [0.3, 0.4) is 0 Å². The van der Waals surface area contributed by atoms with Crippen molar-refractivity contribution >= 4 is 23.4 Å². The third kappa shape index (κ3) is 3.25. The molecule has 0 unspecified atom stereocenters. The monoisotopic (exact) mass is 285 g/mol. The SMILES string of the molecule is COC(=O)CC1(CSc2nn(C)cc2[N+](=O)[O-])CC1. The smallest absolute Gasteiger partial charge is 0.320 e. The van der Waals surface area contributed by atoms with Gasteiger partial charge in [0.2, 0.25) is 0 Å². The van der Waals surface area contributed by atoms with Crippen molar-refractivity contribution in [3.63, 3.8) is 0 Å².